The largest absolute Gasteiger partial charge is 0.399 e. The number of benzene rings is 1. The molecule has 1 aromatic heterocycles. The first-order chi connectivity index (χ1) is 9.63. The summed E-state index contributed by atoms with van der Waals surface area (Å²) in [6.45, 7) is 2.26. The van der Waals surface area contributed by atoms with Crippen molar-refractivity contribution >= 4 is 11.6 Å². The van der Waals surface area contributed by atoms with Gasteiger partial charge in [-0.2, -0.15) is 0 Å². The highest BCUT2D eigenvalue weighted by atomic mass is 16.1. The molecule has 2 rings (SSSR count). The van der Waals surface area contributed by atoms with Crippen molar-refractivity contribution < 1.29 is 4.79 Å². The quantitative estimate of drug-likeness (QED) is 0.809. The van der Waals surface area contributed by atoms with Crippen LogP contribution in [0.3, 0.4) is 0 Å². The number of hydrogen-bond acceptors (Lipinski definition) is 4. The number of rotatable bonds is 5. The first kappa shape index (κ1) is 14.0. The van der Waals surface area contributed by atoms with E-state index >= 15 is 0 Å². The van der Waals surface area contributed by atoms with Gasteiger partial charge in [0.2, 0.25) is 5.91 Å². The third kappa shape index (κ3) is 4.35. The summed E-state index contributed by atoms with van der Waals surface area (Å²) in [6, 6.07) is 9.37. The van der Waals surface area contributed by atoms with E-state index in [1.807, 2.05) is 31.2 Å². The highest BCUT2D eigenvalue weighted by Crippen LogP contribution is 2.07. The van der Waals surface area contributed by atoms with E-state index in [-0.39, 0.29) is 5.91 Å². The van der Waals surface area contributed by atoms with Crippen LogP contribution in [0.25, 0.3) is 0 Å². The molecule has 0 saturated heterocycles. The molecule has 104 valence electrons. The maximum Gasteiger partial charge on any atom is 0.220 e. The normalized spacial score (nSPS) is 10.2. The summed E-state index contributed by atoms with van der Waals surface area (Å²) >= 11 is 0. The first-order valence-electron chi connectivity index (χ1n) is 6.53. The van der Waals surface area contributed by atoms with Gasteiger partial charge in [0.1, 0.15) is 5.82 Å². The Morgan fingerprint density at radius 2 is 2.00 bits per heavy atom. The van der Waals surface area contributed by atoms with Crippen molar-refractivity contribution in [3.63, 3.8) is 0 Å². The number of nitrogen functional groups attached to an aromatic ring is 1. The number of carbonyl (C=O) groups is 1. The van der Waals surface area contributed by atoms with Crippen LogP contribution in [0.5, 0.6) is 0 Å². The summed E-state index contributed by atoms with van der Waals surface area (Å²) in [5.74, 6) is 0.719. The van der Waals surface area contributed by atoms with Crippen molar-refractivity contribution in [1.29, 1.82) is 0 Å². The molecule has 1 heterocycles. The lowest BCUT2D eigenvalue weighted by atomic mass is 10.1. The fourth-order valence-electron chi connectivity index (χ4n) is 1.82. The number of nitrogens with two attached hydrogens (primary N) is 1. The van der Waals surface area contributed by atoms with Gasteiger partial charge in [-0.1, -0.05) is 12.1 Å². The van der Waals surface area contributed by atoms with Crippen LogP contribution in [0.2, 0.25) is 0 Å². The monoisotopic (exact) mass is 270 g/mol. The van der Waals surface area contributed by atoms with Gasteiger partial charge in [0.05, 0.1) is 12.2 Å². The predicted molar refractivity (Wildman–Crippen MR) is 77.8 cm³/mol. The van der Waals surface area contributed by atoms with Crippen molar-refractivity contribution in [2.75, 3.05) is 5.73 Å². The SMILES string of the molecule is Cc1nccc(CNC(=O)CCc2ccc(N)cc2)n1. The van der Waals surface area contributed by atoms with E-state index in [0.29, 0.717) is 25.2 Å². The van der Waals surface area contributed by atoms with Crippen LogP contribution in [0.15, 0.2) is 36.5 Å². The number of nitrogens with zero attached hydrogens (tertiary/aromatic N) is 2. The van der Waals surface area contributed by atoms with Crippen molar-refractivity contribution in [2.24, 2.45) is 0 Å². The second-order valence-electron chi connectivity index (χ2n) is 4.61. The highest BCUT2D eigenvalue weighted by molar-refractivity contribution is 5.76. The Balaban J connectivity index is 1.77. The molecule has 0 spiro atoms. The molecule has 2 aromatic rings. The van der Waals surface area contributed by atoms with Crippen molar-refractivity contribution in [3.8, 4) is 0 Å². The molecule has 1 aromatic carbocycles. The number of carbonyl (C=O) groups excluding carboxylic acids is 1. The molecule has 5 nitrogen and oxygen atoms in total. The summed E-state index contributed by atoms with van der Waals surface area (Å²) in [6.07, 6.45) is 2.85. The maximum absolute atomic E-state index is 11.8. The minimum Gasteiger partial charge on any atom is -0.399 e. The lowest BCUT2D eigenvalue weighted by Crippen LogP contribution is -2.23. The number of anilines is 1. The highest BCUT2D eigenvalue weighted by Gasteiger charge is 2.03. The number of aromatic nitrogens is 2. The molecule has 3 N–H and O–H groups in total. The Labute approximate surface area is 118 Å². The molecule has 0 bridgehead atoms. The molecule has 0 aliphatic rings. The Morgan fingerprint density at radius 3 is 2.70 bits per heavy atom. The molecule has 0 saturated carbocycles. The topological polar surface area (TPSA) is 80.9 Å². The van der Waals surface area contributed by atoms with Crippen LogP contribution in [-0.4, -0.2) is 15.9 Å². The fourth-order valence-corrected chi connectivity index (χ4v) is 1.82. The van der Waals surface area contributed by atoms with Gasteiger partial charge in [-0.3, -0.25) is 4.79 Å². The van der Waals surface area contributed by atoms with Gasteiger partial charge >= 0.3 is 0 Å². The Morgan fingerprint density at radius 1 is 1.25 bits per heavy atom. The molecule has 1 amide bonds. The second kappa shape index (κ2) is 6.65. The van der Waals surface area contributed by atoms with Gasteiger partial charge in [0.15, 0.2) is 0 Å². The summed E-state index contributed by atoms with van der Waals surface area (Å²) < 4.78 is 0. The van der Waals surface area contributed by atoms with Crippen LogP contribution < -0.4 is 11.1 Å². The smallest absolute Gasteiger partial charge is 0.220 e. The summed E-state index contributed by atoms with van der Waals surface area (Å²) in [4.78, 5) is 20.0. The Hall–Kier alpha value is -2.43. The zero-order valence-electron chi connectivity index (χ0n) is 11.5. The molecular weight excluding hydrogens is 252 g/mol. The average molecular weight is 270 g/mol. The number of aryl methyl sites for hydroxylation is 2. The van der Waals surface area contributed by atoms with E-state index in [2.05, 4.69) is 15.3 Å². The van der Waals surface area contributed by atoms with Gasteiger partial charge in [-0.15, -0.1) is 0 Å². The second-order valence-corrected chi connectivity index (χ2v) is 4.61. The third-order valence-corrected chi connectivity index (χ3v) is 2.92. The predicted octanol–water partition coefficient (Wildman–Crippen LogP) is 1.62. The van der Waals surface area contributed by atoms with Crippen LogP contribution in [0, 0.1) is 6.92 Å². The summed E-state index contributed by atoms with van der Waals surface area (Å²) in [5.41, 5.74) is 8.27. The van der Waals surface area contributed by atoms with E-state index in [0.717, 1.165) is 16.9 Å². The van der Waals surface area contributed by atoms with Crippen molar-refractivity contribution in [2.45, 2.75) is 26.3 Å². The van der Waals surface area contributed by atoms with Crippen LogP contribution >= 0.6 is 0 Å². The molecule has 5 heteroatoms. The zero-order valence-corrected chi connectivity index (χ0v) is 11.5. The standard InChI is InChI=1S/C15H18N4O/c1-11-17-9-8-14(19-11)10-18-15(20)7-4-12-2-5-13(16)6-3-12/h2-3,5-6,8-9H,4,7,10,16H2,1H3,(H,18,20). The van der Waals surface area contributed by atoms with Gasteiger partial charge in [-0.05, 0) is 37.1 Å². The number of nitrogens with one attached hydrogen (secondary N) is 1. The van der Waals surface area contributed by atoms with E-state index < -0.39 is 0 Å². The summed E-state index contributed by atoms with van der Waals surface area (Å²) in [5, 5.41) is 2.85. The van der Waals surface area contributed by atoms with Crippen LogP contribution in [-0.2, 0) is 17.8 Å². The van der Waals surface area contributed by atoms with E-state index in [9.17, 15) is 4.79 Å². The van der Waals surface area contributed by atoms with Gasteiger partial charge in [0, 0.05) is 18.3 Å². The van der Waals surface area contributed by atoms with Crippen molar-refractivity contribution in [3.05, 3.63) is 53.6 Å². The lowest BCUT2D eigenvalue weighted by molar-refractivity contribution is -0.121. The maximum atomic E-state index is 11.8. The molecule has 0 radical (unpaired) electrons. The van der Waals surface area contributed by atoms with Crippen LogP contribution in [0.1, 0.15) is 23.5 Å². The third-order valence-electron chi connectivity index (χ3n) is 2.92. The minimum absolute atomic E-state index is 0.0121. The van der Waals surface area contributed by atoms with Gasteiger partial charge < -0.3 is 11.1 Å². The van der Waals surface area contributed by atoms with Gasteiger partial charge in [0.25, 0.3) is 0 Å². The van der Waals surface area contributed by atoms with E-state index in [1.54, 1.807) is 12.3 Å². The average Bonchev–Trinajstić information content (AvgIpc) is 2.45. The molecule has 0 aliphatic carbocycles. The molecule has 0 unspecified atom stereocenters. The number of hydrogen-bond donors (Lipinski definition) is 2. The molecule has 20 heavy (non-hydrogen) atoms. The Kier molecular flexibility index (Phi) is 4.65. The molecule has 0 fully saturated rings. The first-order valence-corrected chi connectivity index (χ1v) is 6.53. The van der Waals surface area contributed by atoms with Crippen molar-refractivity contribution in [1.82, 2.24) is 15.3 Å². The van der Waals surface area contributed by atoms with E-state index in [4.69, 9.17) is 5.73 Å². The Bertz CT molecular complexity index is 581. The minimum atomic E-state index is 0.0121. The molecule has 0 aliphatic heterocycles. The molecule has 0 atom stereocenters. The van der Waals surface area contributed by atoms with Crippen LogP contribution in [0.4, 0.5) is 5.69 Å². The summed E-state index contributed by atoms with van der Waals surface area (Å²) in [7, 11) is 0. The van der Waals surface area contributed by atoms with E-state index in [1.165, 1.54) is 0 Å². The number of amides is 1. The fraction of sp³-hybridized carbons (Fsp3) is 0.267. The van der Waals surface area contributed by atoms with Gasteiger partial charge in [-0.25, -0.2) is 9.97 Å². The zero-order chi connectivity index (χ0) is 14.4. The molecular formula is C15H18N4O. The lowest BCUT2D eigenvalue weighted by Gasteiger charge is -2.05.